The second kappa shape index (κ2) is 3.59. The van der Waals surface area contributed by atoms with E-state index in [-0.39, 0.29) is 0 Å². The summed E-state index contributed by atoms with van der Waals surface area (Å²) in [6.45, 7) is 3.01. The second-order valence-corrected chi connectivity index (χ2v) is 4.63. The number of nitrogens with one attached hydrogen (secondary N) is 1. The summed E-state index contributed by atoms with van der Waals surface area (Å²) in [4.78, 5) is 4.80. The molecule has 0 saturated heterocycles. The second-order valence-electron chi connectivity index (χ2n) is 4.63. The van der Waals surface area contributed by atoms with Crippen molar-refractivity contribution in [1.82, 2.24) is 14.7 Å². The average molecular weight is 215 g/mol. The number of imidazole rings is 1. The highest BCUT2D eigenvalue weighted by atomic mass is 15.1. The van der Waals surface area contributed by atoms with Gasteiger partial charge in [0.05, 0.1) is 11.2 Å². The Labute approximate surface area is 95.5 Å². The molecule has 16 heavy (non-hydrogen) atoms. The summed E-state index contributed by atoms with van der Waals surface area (Å²) in [6.07, 6.45) is 4.74. The molecule has 3 nitrogen and oxygen atoms in total. The SMILES string of the molecule is CNCc1nc(C2CC2)n2cccc(C)c12. The smallest absolute Gasteiger partial charge is 0.116 e. The minimum atomic E-state index is 0.694. The van der Waals surface area contributed by atoms with Gasteiger partial charge in [0.2, 0.25) is 0 Å². The summed E-state index contributed by atoms with van der Waals surface area (Å²) in [5.41, 5.74) is 3.79. The summed E-state index contributed by atoms with van der Waals surface area (Å²) in [6, 6.07) is 4.27. The molecule has 1 saturated carbocycles. The Hall–Kier alpha value is -1.35. The van der Waals surface area contributed by atoms with Gasteiger partial charge in [-0.05, 0) is 38.4 Å². The molecule has 1 aliphatic carbocycles. The highest BCUT2D eigenvalue weighted by molar-refractivity contribution is 5.60. The van der Waals surface area contributed by atoms with Gasteiger partial charge in [-0.3, -0.25) is 0 Å². The molecule has 0 aromatic carbocycles. The van der Waals surface area contributed by atoms with Crippen molar-refractivity contribution in [3.8, 4) is 0 Å². The maximum atomic E-state index is 4.80. The van der Waals surface area contributed by atoms with Crippen molar-refractivity contribution in [2.45, 2.75) is 32.2 Å². The number of aryl methyl sites for hydroxylation is 1. The number of aromatic nitrogens is 2. The molecule has 1 aliphatic rings. The first-order chi connectivity index (χ1) is 7.81. The van der Waals surface area contributed by atoms with Crippen LogP contribution < -0.4 is 5.32 Å². The first-order valence-corrected chi connectivity index (χ1v) is 5.92. The van der Waals surface area contributed by atoms with Crippen LogP contribution in [0.25, 0.3) is 5.52 Å². The zero-order valence-corrected chi connectivity index (χ0v) is 9.83. The molecule has 0 atom stereocenters. The minimum absolute atomic E-state index is 0.694. The number of pyridine rings is 1. The Bertz CT molecular complexity index is 523. The molecule has 2 aromatic heterocycles. The third kappa shape index (κ3) is 1.43. The number of fused-ring (bicyclic) bond motifs is 1. The molecular formula is C13H17N3. The van der Waals surface area contributed by atoms with Crippen LogP contribution >= 0.6 is 0 Å². The van der Waals surface area contributed by atoms with Crippen LogP contribution in [-0.4, -0.2) is 16.4 Å². The molecule has 0 aliphatic heterocycles. The lowest BCUT2D eigenvalue weighted by Gasteiger charge is -2.02. The fourth-order valence-electron chi connectivity index (χ4n) is 2.34. The zero-order chi connectivity index (χ0) is 11.1. The summed E-state index contributed by atoms with van der Waals surface area (Å²) in [5.74, 6) is 1.95. The summed E-state index contributed by atoms with van der Waals surface area (Å²) in [5, 5.41) is 3.20. The van der Waals surface area contributed by atoms with Gasteiger partial charge in [-0.2, -0.15) is 0 Å². The molecule has 1 N–H and O–H groups in total. The van der Waals surface area contributed by atoms with Crippen LogP contribution in [0.2, 0.25) is 0 Å². The molecule has 0 amide bonds. The number of hydrogen-bond acceptors (Lipinski definition) is 2. The van der Waals surface area contributed by atoms with Gasteiger partial charge in [-0.25, -0.2) is 4.98 Å². The van der Waals surface area contributed by atoms with Crippen LogP contribution in [0.15, 0.2) is 18.3 Å². The monoisotopic (exact) mass is 215 g/mol. The van der Waals surface area contributed by atoms with Gasteiger partial charge in [0.1, 0.15) is 5.82 Å². The van der Waals surface area contributed by atoms with E-state index in [1.54, 1.807) is 0 Å². The van der Waals surface area contributed by atoms with Gasteiger partial charge >= 0.3 is 0 Å². The Morgan fingerprint density at radius 1 is 1.50 bits per heavy atom. The predicted octanol–water partition coefficient (Wildman–Crippen LogP) is 2.24. The highest BCUT2D eigenvalue weighted by Crippen LogP contribution is 2.40. The fourth-order valence-corrected chi connectivity index (χ4v) is 2.34. The molecule has 3 rings (SSSR count). The Kier molecular flexibility index (Phi) is 2.21. The Balaban J connectivity index is 2.24. The van der Waals surface area contributed by atoms with Crippen LogP contribution in [-0.2, 0) is 6.54 Å². The lowest BCUT2D eigenvalue weighted by molar-refractivity contribution is 0.794. The topological polar surface area (TPSA) is 29.3 Å². The standard InChI is InChI=1S/C13H17N3/c1-9-4-3-7-16-12(9)11(8-14-2)15-13(16)10-5-6-10/h3-4,7,10,14H,5-6,8H2,1-2H3. The Morgan fingerprint density at radius 3 is 3.00 bits per heavy atom. The van der Waals surface area contributed by atoms with Crippen LogP contribution in [0.3, 0.4) is 0 Å². The highest BCUT2D eigenvalue weighted by Gasteiger charge is 2.29. The van der Waals surface area contributed by atoms with Crippen molar-refractivity contribution in [3.63, 3.8) is 0 Å². The van der Waals surface area contributed by atoms with E-state index in [1.165, 1.54) is 35.4 Å². The molecule has 0 unspecified atom stereocenters. The third-order valence-corrected chi connectivity index (χ3v) is 3.25. The van der Waals surface area contributed by atoms with Crippen LogP contribution in [0.5, 0.6) is 0 Å². The van der Waals surface area contributed by atoms with Crippen molar-refractivity contribution in [2.24, 2.45) is 0 Å². The van der Waals surface area contributed by atoms with E-state index < -0.39 is 0 Å². The van der Waals surface area contributed by atoms with Crippen molar-refractivity contribution in [1.29, 1.82) is 0 Å². The first-order valence-electron chi connectivity index (χ1n) is 5.92. The van der Waals surface area contributed by atoms with E-state index in [4.69, 9.17) is 4.98 Å². The Morgan fingerprint density at radius 2 is 2.31 bits per heavy atom. The molecule has 2 heterocycles. The molecular weight excluding hydrogens is 198 g/mol. The lowest BCUT2D eigenvalue weighted by atomic mass is 10.2. The van der Waals surface area contributed by atoms with Gasteiger partial charge in [0.25, 0.3) is 0 Å². The van der Waals surface area contributed by atoms with E-state index in [9.17, 15) is 0 Å². The minimum Gasteiger partial charge on any atom is -0.314 e. The molecule has 0 radical (unpaired) electrons. The summed E-state index contributed by atoms with van der Waals surface area (Å²) < 4.78 is 2.28. The number of nitrogens with zero attached hydrogens (tertiary/aromatic N) is 2. The van der Waals surface area contributed by atoms with Crippen molar-refractivity contribution >= 4 is 5.52 Å². The maximum Gasteiger partial charge on any atom is 0.116 e. The summed E-state index contributed by atoms with van der Waals surface area (Å²) >= 11 is 0. The van der Waals surface area contributed by atoms with Crippen LogP contribution in [0, 0.1) is 6.92 Å². The molecule has 3 heteroatoms. The molecule has 0 bridgehead atoms. The molecule has 1 fully saturated rings. The van der Waals surface area contributed by atoms with Crippen molar-refractivity contribution in [3.05, 3.63) is 35.4 Å². The van der Waals surface area contributed by atoms with Gasteiger partial charge < -0.3 is 9.72 Å². The largest absolute Gasteiger partial charge is 0.314 e. The van der Waals surface area contributed by atoms with Crippen molar-refractivity contribution in [2.75, 3.05) is 7.05 Å². The fraction of sp³-hybridized carbons (Fsp3) is 0.462. The first kappa shape index (κ1) is 9.85. The van der Waals surface area contributed by atoms with E-state index in [0.717, 1.165) is 6.54 Å². The van der Waals surface area contributed by atoms with Crippen LogP contribution in [0.4, 0.5) is 0 Å². The quantitative estimate of drug-likeness (QED) is 0.850. The van der Waals surface area contributed by atoms with E-state index in [0.29, 0.717) is 5.92 Å². The summed E-state index contributed by atoms with van der Waals surface area (Å²) in [7, 11) is 1.97. The maximum absolute atomic E-state index is 4.80. The molecule has 84 valence electrons. The van der Waals surface area contributed by atoms with Crippen molar-refractivity contribution < 1.29 is 0 Å². The third-order valence-electron chi connectivity index (χ3n) is 3.25. The average Bonchev–Trinajstić information content (AvgIpc) is 3.04. The zero-order valence-electron chi connectivity index (χ0n) is 9.83. The van der Waals surface area contributed by atoms with E-state index >= 15 is 0 Å². The normalized spacial score (nSPS) is 15.9. The van der Waals surface area contributed by atoms with Gasteiger partial charge in [0, 0.05) is 18.7 Å². The molecule has 2 aromatic rings. The van der Waals surface area contributed by atoms with Gasteiger partial charge in [-0.1, -0.05) is 6.07 Å². The predicted molar refractivity (Wildman–Crippen MR) is 64.7 cm³/mol. The van der Waals surface area contributed by atoms with Crippen LogP contribution in [0.1, 0.15) is 35.8 Å². The van der Waals surface area contributed by atoms with E-state index in [1.807, 2.05) is 7.05 Å². The number of hydrogen-bond donors (Lipinski definition) is 1. The molecule has 0 spiro atoms. The number of rotatable bonds is 3. The lowest BCUT2D eigenvalue weighted by Crippen LogP contribution is -2.06. The van der Waals surface area contributed by atoms with Gasteiger partial charge in [0.15, 0.2) is 0 Å². The van der Waals surface area contributed by atoms with E-state index in [2.05, 4.69) is 35.0 Å². The van der Waals surface area contributed by atoms with Gasteiger partial charge in [-0.15, -0.1) is 0 Å².